The largest absolute Gasteiger partial charge is 1.00 e. The fourth-order valence-corrected chi connectivity index (χ4v) is 6.57. The molecule has 2 amide bonds. The molecule has 0 saturated carbocycles. The number of halogens is 2. The molecule has 7 aromatic rings. The molecule has 0 saturated heterocycles. The number of hydrogen-bond acceptors (Lipinski definition) is 5. The number of benzene rings is 5. The van der Waals surface area contributed by atoms with Gasteiger partial charge in [0.2, 0.25) is 11.0 Å². The Bertz CT molecular complexity index is 2380. The number of carbonyl (C=O) groups is 3. The van der Waals surface area contributed by atoms with Crippen LogP contribution in [-0.2, 0) is 14.1 Å². The molecule has 0 aliphatic rings. The Morgan fingerprint density at radius 3 is 1.43 bits per heavy atom. The molecule has 0 radical (unpaired) electrons. The minimum absolute atomic E-state index is 0. The highest BCUT2D eigenvalue weighted by Gasteiger charge is 2.17. The predicted octanol–water partition coefficient (Wildman–Crippen LogP) is 1.69. The van der Waals surface area contributed by atoms with E-state index in [9.17, 15) is 14.4 Å². The van der Waals surface area contributed by atoms with Crippen molar-refractivity contribution in [2.24, 2.45) is 14.1 Å². The van der Waals surface area contributed by atoms with Crippen LogP contribution in [0.1, 0.15) is 49.5 Å². The van der Waals surface area contributed by atoms with Crippen LogP contribution in [0.5, 0.6) is 0 Å². The number of aromatic nitrogens is 2. The molecule has 2 heterocycles. The molecule has 0 aliphatic heterocycles. The Kier molecular flexibility index (Phi) is 14.5. The summed E-state index contributed by atoms with van der Waals surface area (Å²) in [5.74, 6) is -0.637. The first-order valence-electron chi connectivity index (χ1n) is 18.0. The van der Waals surface area contributed by atoms with Crippen LogP contribution in [0.2, 0.25) is 0 Å². The van der Waals surface area contributed by atoms with Crippen molar-refractivity contribution in [1.29, 1.82) is 0 Å². The van der Waals surface area contributed by atoms with Gasteiger partial charge in [0.15, 0.2) is 18.2 Å². The number of aryl methyl sites for hydroxylation is 2. The lowest BCUT2D eigenvalue weighted by Crippen LogP contribution is -3.00. The molecule has 5 aromatic carbocycles. The van der Waals surface area contributed by atoms with Crippen LogP contribution in [0.15, 0.2) is 146 Å². The fourth-order valence-electron chi connectivity index (χ4n) is 6.57. The molecule has 7 rings (SSSR count). The Morgan fingerprint density at radius 2 is 0.911 bits per heavy atom. The zero-order valence-electron chi connectivity index (χ0n) is 31.1. The lowest BCUT2D eigenvalue weighted by atomic mass is 10.0. The van der Waals surface area contributed by atoms with E-state index in [0.717, 1.165) is 46.9 Å². The van der Waals surface area contributed by atoms with Crippen molar-refractivity contribution in [3.05, 3.63) is 168 Å². The molecular formula is C45H42I2N6O3. The third-order valence-electron chi connectivity index (χ3n) is 9.34. The molecule has 0 fully saturated rings. The molecule has 0 atom stereocenters. The fraction of sp³-hybridized carbons (Fsp3) is 0.133. The summed E-state index contributed by atoms with van der Waals surface area (Å²) in [6.07, 6.45) is 5.48. The van der Waals surface area contributed by atoms with E-state index in [1.165, 1.54) is 0 Å². The first kappa shape index (κ1) is 41.7. The van der Waals surface area contributed by atoms with E-state index in [1.807, 2.05) is 151 Å². The number of pyridine rings is 2. The second-order valence-electron chi connectivity index (χ2n) is 13.3. The Morgan fingerprint density at radius 1 is 0.464 bits per heavy atom. The van der Waals surface area contributed by atoms with Crippen LogP contribution in [0, 0.1) is 0 Å². The Hall–Kier alpha value is -5.41. The van der Waals surface area contributed by atoms with E-state index in [0.29, 0.717) is 45.9 Å². The quantitative estimate of drug-likeness (QED) is 0.0611. The van der Waals surface area contributed by atoms with Crippen LogP contribution in [0.4, 0.5) is 22.7 Å². The molecule has 56 heavy (non-hydrogen) atoms. The third-order valence-corrected chi connectivity index (χ3v) is 9.34. The van der Waals surface area contributed by atoms with Gasteiger partial charge in [-0.1, -0.05) is 54.6 Å². The summed E-state index contributed by atoms with van der Waals surface area (Å²) < 4.78 is 3.95. The minimum Gasteiger partial charge on any atom is -1.00 e. The van der Waals surface area contributed by atoms with Gasteiger partial charge in [-0.3, -0.25) is 14.4 Å². The van der Waals surface area contributed by atoms with Gasteiger partial charge in [-0.25, -0.2) is 0 Å². The number of anilines is 4. The van der Waals surface area contributed by atoms with Gasteiger partial charge >= 0.3 is 0 Å². The van der Waals surface area contributed by atoms with Crippen molar-refractivity contribution in [2.75, 3.05) is 34.4 Å². The van der Waals surface area contributed by atoms with Gasteiger partial charge in [0.05, 0.1) is 0 Å². The molecule has 0 aliphatic carbocycles. The molecule has 0 bridgehead atoms. The molecule has 284 valence electrons. The summed E-state index contributed by atoms with van der Waals surface area (Å²) in [4.78, 5) is 40.1. The van der Waals surface area contributed by atoms with E-state index in [1.54, 1.807) is 18.2 Å². The smallest absolute Gasteiger partial charge is 0.255 e. The van der Waals surface area contributed by atoms with Gasteiger partial charge in [0.1, 0.15) is 25.5 Å². The number of unbranched alkanes of at least 4 members (excludes halogenated alkanes) is 1. The second kappa shape index (κ2) is 19.4. The minimum atomic E-state index is -0.319. The number of fused-ring (bicyclic) bond motifs is 2. The van der Waals surface area contributed by atoms with Crippen LogP contribution in [0.3, 0.4) is 0 Å². The van der Waals surface area contributed by atoms with Gasteiger partial charge in [-0.2, -0.15) is 9.13 Å². The normalized spacial score (nSPS) is 10.5. The first-order valence-corrected chi connectivity index (χ1v) is 18.0. The molecule has 9 nitrogen and oxygen atoms in total. The van der Waals surface area contributed by atoms with Crippen LogP contribution in [0.25, 0.3) is 21.8 Å². The average molecular weight is 969 g/mol. The Balaban J connectivity index is 0.00000300. The summed E-state index contributed by atoms with van der Waals surface area (Å²) >= 11 is 0. The molecular weight excluding hydrogens is 926 g/mol. The van der Waals surface area contributed by atoms with Crippen molar-refractivity contribution in [3.63, 3.8) is 0 Å². The monoisotopic (exact) mass is 968 g/mol. The van der Waals surface area contributed by atoms with E-state index in [2.05, 4.69) is 21.3 Å². The van der Waals surface area contributed by atoms with Crippen LogP contribution >= 0.6 is 0 Å². The topological polar surface area (TPSA) is 107 Å². The average Bonchev–Trinajstić information content (AvgIpc) is 3.19. The molecule has 0 spiro atoms. The van der Waals surface area contributed by atoms with Crippen LogP contribution < -0.4 is 78.4 Å². The maximum Gasteiger partial charge on any atom is 0.255 e. The van der Waals surface area contributed by atoms with Gasteiger partial charge in [0.25, 0.3) is 11.8 Å². The van der Waals surface area contributed by atoms with Gasteiger partial charge in [-0.15, -0.1) is 0 Å². The number of hydrogen-bond donors (Lipinski definition) is 4. The number of nitrogens with zero attached hydrogens (tertiary/aromatic N) is 2. The van der Waals surface area contributed by atoms with Crippen molar-refractivity contribution >= 4 is 62.2 Å². The zero-order chi connectivity index (χ0) is 37.4. The second-order valence-corrected chi connectivity index (χ2v) is 13.3. The Labute approximate surface area is 360 Å². The lowest BCUT2D eigenvalue weighted by Gasteiger charge is -2.13. The number of nitrogens with one attached hydrogen (secondary N) is 4. The van der Waals surface area contributed by atoms with E-state index >= 15 is 0 Å². The van der Waals surface area contributed by atoms with Gasteiger partial charge in [-0.05, 0) is 79.6 Å². The van der Waals surface area contributed by atoms with Crippen molar-refractivity contribution in [1.82, 2.24) is 0 Å². The van der Waals surface area contributed by atoms with Gasteiger partial charge < -0.3 is 69.2 Å². The lowest BCUT2D eigenvalue weighted by molar-refractivity contribution is -0.644. The highest BCUT2D eigenvalue weighted by atomic mass is 127. The molecule has 4 N–H and O–H groups in total. The molecule has 11 heteroatoms. The summed E-state index contributed by atoms with van der Waals surface area (Å²) in [6.45, 7) is 1.38. The summed E-state index contributed by atoms with van der Waals surface area (Å²) in [6, 6.07) is 41.8. The predicted molar refractivity (Wildman–Crippen MR) is 215 cm³/mol. The highest BCUT2D eigenvalue weighted by Crippen LogP contribution is 2.22. The van der Waals surface area contributed by atoms with Crippen molar-refractivity contribution < 1.29 is 71.5 Å². The van der Waals surface area contributed by atoms with Gasteiger partial charge in [0, 0.05) is 69.6 Å². The van der Waals surface area contributed by atoms with Crippen molar-refractivity contribution in [3.8, 4) is 0 Å². The van der Waals surface area contributed by atoms with Crippen LogP contribution in [-0.4, -0.2) is 30.7 Å². The molecule has 2 aromatic heterocycles. The number of amides is 2. The number of rotatable bonds is 13. The van der Waals surface area contributed by atoms with E-state index in [4.69, 9.17) is 0 Å². The highest BCUT2D eigenvalue weighted by molar-refractivity contribution is 6.10. The summed E-state index contributed by atoms with van der Waals surface area (Å²) in [7, 11) is 3.89. The zero-order valence-corrected chi connectivity index (χ0v) is 35.4. The first-order chi connectivity index (χ1) is 26.3. The van der Waals surface area contributed by atoms with E-state index in [-0.39, 0.29) is 65.6 Å². The van der Waals surface area contributed by atoms with Crippen molar-refractivity contribution in [2.45, 2.75) is 12.8 Å². The third kappa shape index (κ3) is 10.3. The maximum atomic E-state index is 13.7. The maximum absolute atomic E-state index is 13.7. The number of carbonyl (C=O) groups excluding carboxylic acids is 3. The number of ketones is 1. The number of para-hydroxylation sites is 2. The summed E-state index contributed by atoms with van der Waals surface area (Å²) in [5, 5.41) is 14.9. The molecule has 0 unspecified atom stereocenters. The summed E-state index contributed by atoms with van der Waals surface area (Å²) in [5.41, 5.74) is 7.06. The SMILES string of the molecule is C[n+]1cc(NC(=O)c2cc(NCCCCNc3ccc(C(=O)c4ccccc4)cc3)cc(C(=O)Nc3cc4ccccc4[n+](C)c3)c2)cc2ccccc21.[I-].[I-]. The van der Waals surface area contributed by atoms with E-state index < -0.39 is 0 Å². The standard InChI is InChI=1S/C45H40N6O3.2HI/c1-50-29-39(25-33-14-6-8-16-41(33)50)48-44(53)35-24-36(45(54)49-40-26-34-15-7-9-17-42(34)51(2)30-40)28-38(27-35)47-23-11-10-22-46-37-20-18-32(19-21-37)43(52)31-12-4-3-5-13-31;;/h3-9,12-21,24-30,47H,10-11,22-23H2,1-2H3,(H-2,46,48,49,52,53,54);2*1H.